The molecule has 0 aromatic carbocycles. The van der Waals surface area contributed by atoms with Crippen molar-refractivity contribution in [2.75, 3.05) is 19.6 Å². The molecule has 1 saturated heterocycles. The van der Waals surface area contributed by atoms with Crippen LogP contribution in [0.1, 0.15) is 62.0 Å². The molecule has 1 aromatic heterocycles. The maximum Gasteiger partial charge on any atom is 0.0945 e. The van der Waals surface area contributed by atoms with E-state index in [9.17, 15) is 5.11 Å². The van der Waals surface area contributed by atoms with Crippen LogP contribution >= 0.6 is 11.3 Å². The SMILES string of the molecule is CC(C)(C)c1nc(CCN2CCCCCC2)sc1CO. The Kier molecular flexibility index (Phi) is 5.58. The number of hydrogen-bond donors (Lipinski definition) is 1. The summed E-state index contributed by atoms with van der Waals surface area (Å²) in [5.74, 6) is 0. The molecule has 0 aliphatic carbocycles. The first-order chi connectivity index (χ1) is 9.50. The van der Waals surface area contributed by atoms with Gasteiger partial charge in [0.1, 0.15) is 0 Å². The lowest BCUT2D eigenvalue weighted by Gasteiger charge is -2.19. The molecule has 0 bridgehead atoms. The van der Waals surface area contributed by atoms with Crippen LogP contribution in [-0.2, 0) is 18.4 Å². The number of rotatable bonds is 4. The minimum atomic E-state index is 0.0232. The second kappa shape index (κ2) is 7.01. The van der Waals surface area contributed by atoms with Crippen LogP contribution in [0.4, 0.5) is 0 Å². The topological polar surface area (TPSA) is 36.4 Å². The van der Waals surface area contributed by atoms with Crippen LogP contribution in [0.5, 0.6) is 0 Å². The van der Waals surface area contributed by atoms with E-state index in [1.807, 2.05) is 0 Å². The fourth-order valence-corrected chi connectivity index (χ4v) is 3.94. The molecule has 2 heterocycles. The molecule has 0 saturated carbocycles. The molecule has 2 rings (SSSR count). The van der Waals surface area contributed by atoms with Crippen LogP contribution in [0.15, 0.2) is 0 Å². The Hall–Kier alpha value is -0.450. The number of aliphatic hydroxyl groups is 1. The summed E-state index contributed by atoms with van der Waals surface area (Å²) in [5, 5.41) is 10.7. The molecular formula is C16H28N2OS. The number of thiazole rings is 1. The first kappa shape index (κ1) is 15.9. The molecule has 3 nitrogen and oxygen atoms in total. The van der Waals surface area contributed by atoms with Crippen molar-refractivity contribution in [3.8, 4) is 0 Å². The van der Waals surface area contributed by atoms with E-state index in [0.717, 1.165) is 23.5 Å². The highest BCUT2D eigenvalue weighted by Crippen LogP contribution is 2.30. The first-order valence-corrected chi connectivity index (χ1v) is 8.64. The average Bonchev–Trinajstić information content (AvgIpc) is 2.65. The normalized spacial score (nSPS) is 18.2. The summed E-state index contributed by atoms with van der Waals surface area (Å²) in [7, 11) is 0. The van der Waals surface area contributed by atoms with E-state index in [-0.39, 0.29) is 12.0 Å². The lowest BCUT2D eigenvalue weighted by molar-refractivity contribution is 0.282. The Labute approximate surface area is 127 Å². The van der Waals surface area contributed by atoms with Crippen LogP contribution < -0.4 is 0 Å². The van der Waals surface area contributed by atoms with E-state index >= 15 is 0 Å². The van der Waals surface area contributed by atoms with Crippen molar-refractivity contribution < 1.29 is 5.11 Å². The van der Waals surface area contributed by atoms with Gasteiger partial charge in [-0.2, -0.15) is 0 Å². The molecule has 1 N–H and O–H groups in total. The monoisotopic (exact) mass is 296 g/mol. The second-order valence-electron chi connectivity index (χ2n) is 6.79. The molecule has 0 atom stereocenters. The third kappa shape index (κ3) is 4.27. The second-order valence-corrected chi connectivity index (χ2v) is 7.96. The molecule has 20 heavy (non-hydrogen) atoms. The highest BCUT2D eigenvalue weighted by molar-refractivity contribution is 7.11. The van der Waals surface area contributed by atoms with Gasteiger partial charge in [0.2, 0.25) is 0 Å². The van der Waals surface area contributed by atoms with E-state index in [1.165, 1.54) is 43.8 Å². The van der Waals surface area contributed by atoms with Gasteiger partial charge in [-0.05, 0) is 25.9 Å². The number of likely N-dealkylation sites (tertiary alicyclic amines) is 1. The van der Waals surface area contributed by atoms with Gasteiger partial charge >= 0.3 is 0 Å². The van der Waals surface area contributed by atoms with Crippen molar-refractivity contribution in [2.24, 2.45) is 0 Å². The minimum Gasteiger partial charge on any atom is -0.391 e. The summed E-state index contributed by atoms with van der Waals surface area (Å²) in [5.41, 5.74) is 1.10. The third-order valence-electron chi connectivity index (χ3n) is 3.94. The predicted octanol–water partition coefficient (Wildman–Crippen LogP) is 3.35. The molecule has 114 valence electrons. The van der Waals surface area contributed by atoms with Gasteiger partial charge in [-0.15, -0.1) is 11.3 Å². The zero-order valence-corrected chi connectivity index (χ0v) is 13.9. The van der Waals surface area contributed by atoms with E-state index in [2.05, 4.69) is 25.7 Å². The van der Waals surface area contributed by atoms with Gasteiger partial charge in [0.05, 0.1) is 22.2 Å². The maximum absolute atomic E-state index is 9.51. The largest absolute Gasteiger partial charge is 0.391 e. The fraction of sp³-hybridized carbons (Fsp3) is 0.812. The molecule has 4 heteroatoms. The Morgan fingerprint density at radius 2 is 1.80 bits per heavy atom. The molecule has 1 aliphatic rings. The van der Waals surface area contributed by atoms with Crippen molar-refractivity contribution in [3.63, 3.8) is 0 Å². The molecule has 0 unspecified atom stereocenters. The van der Waals surface area contributed by atoms with Crippen LogP contribution in [0, 0.1) is 0 Å². The third-order valence-corrected chi connectivity index (χ3v) is 5.04. The van der Waals surface area contributed by atoms with E-state index in [0.29, 0.717) is 0 Å². The molecule has 0 radical (unpaired) electrons. The summed E-state index contributed by atoms with van der Waals surface area (Å²) in [6.45, 7) is 10.2. The summed E-state index contributed by atoms with van der Waals surface area (Å²) in [4.78, 5) is 8.41. The smallest absolute Gasteiger partial charge is 0.0945 e. The predicted molar refractivity (Wildman–Crippen MR) is 85.3 cm³/mol. The standard InChI is InChI=1S/C16H28N2OS/c1-16(2,3)15-13(12-19)20-14(17-15)8-11-18-9-6-4-5-7-10-18/h19H,4-12H2,1-3H3. The van der Waals surface area contributed by atoms with Gasteiger partial charge in [-0.25, -0.2) is 4.98 Å². The van der Waals surface area contributed by atoms with Crippen molar-refractivity contribution in [3.05, 3.63) is 15.6 Å². The molecular weight excluding hydrogens is 268 g/mol. The van der Waals surface area contributed by atoms with Crippen molar-refractivity contribution in [1.29, 1.82) is 0 Å². The van der Waals surface area contributed by atoms with Crippen LogP contribution in [0.2, 0.25) is 0 Å². The molecule has 1 fully saturated rings. The van der Waals surface area contributed by atoms with E-state index in [1.54, 1.807) is 11.3 Å². The van der Waals surface area contributed by atoms with E-state index in [4.69, 9.17) is 4.98 Å². The quantitative estimate of drug-likeness (QED) is 0.925. The van der Waals surface area contributed by atoms with E-state index < -0.39 is 0 Å². The number of nitrogens with zero attached hydrogens (tertiary/aromatic N) is 2. The Bertz CT molecular complexity index is 415. The van der Waals surface area contributed by atoms with Gasteiger partial charge in [-0.1, -0.05) is 33.6 Å². The lowest BCUT2D eigenvalue weighted by atomic mass is 9.91. The van der Waals surface area contributed by atoms with Gasteiger partial charge < -0.3 is 10.0 Å². The van der Waals surface area contributed by atoms with Gasteiger partial charge in [-0.3, -0.25) is 0 Å². The lowest BCUT2D eigenvalue weighted by Crippen LogP contribution is -2.27. The number of aromatic nitrogens is 1. The minimum absolute atomic E-state index is 0.0232. The zero-order valence-electron chi connectivity index (χ0n) is 13.1. The van der Waals surface area contributed by atoms with Crippen molar-refractivity contribution in [1.82, 2.24) is 9.88 Å². The van der Waals surface area contributed by atoms with Gasteiger partial charge in [0, 0.05) is 18.4 Å². The fourth-order valence-electron chi connectivity index (χ4n) is 2.81. The summed E-state index contributed by atoms with van der Waals surface area (Å²) < 4.78 is 0. The molecule has 0 amide bonds. The molecule has 0 spiro atoms. The summed E-state index contributed by atoms with van der Waals surface area (Å²) in [6.07, 6.45) is 6.47. The maximum atomic E-state index is 9.51. The Morgan fingerprint density at radius 3 is 2.30 bits per heavy atom. The number of hydrogen-bond acceptors (Lipinski definition) is 4. The van der Waals surface area contributed by atoms with Crippen molar-refractivity contribution in [2.45, 2.75) is 64.9 Å². The van der Waals surface area contributed by atoms with Gasteiger partial charge in [0.25, 0.3) is 0 Å². The van der Waals surface area contributed by atoms with Crippen LogP contribution in [0.25, 0.3) is 0 Å². The highest BCUT2D eigenvalue weighted by atomic mass is 32.1. The Morgan fingerprint density at radius 1 is 1.15 bits per heavy atom. The summed E-state index contributed by atoms with van der Waals surface area (Å²) >= 11 is 1.69. The number of aliphatic hydroxyl groups excluding tert-OH is 1. The highest BCUT2D eigenvalue weighted by Gasteiger charge is 2.23. The van der Waals surface area contributed by atoms with Gasteiger partial charge in [0.15, 0.2) is 0 Å². The molecule has 1 aromatic rings. The zero-order chi connectivity index (χ0) is 14.6. The summed E-state index contributed by atoms with van der Waals surface area (Å²) in [6, 6.07) is 0. The molecule has 1 aliphatic heterocycles. The van der Waals surface area contributed by atoms with Crippen molar-refractivity contribution >= 4 is 11.3 Å². The Balaban J connectivity index is 1.97. The average molecular weight is 296 g/mol. The first-order valence-electron chi connectivity index (χ1n) is 7.83. The van der Waals surface area contributed by atoms with Crippen LogP contribution in [0.3, 0.4) is 0 Å². The van der Waals surface area contributed by atoms with Crippen LogP contribution in [-0.4, -0.2) is 34.6 Å².